The third-order valence-electron chi connectivity index (χ3n) is 4.30. The molecule has 0 bridgehead atoms. The van der Waals surface area contributed by atoms with Gasteiger partial charge in [-0.1, -0.05) is 36.8 Å². The number of benzene rings is 1. The van der Waals surface area contributed by atoms with Gasteiger partial charge in [0.25, 0.3) is 0 Å². The van der Waals surface area contributed by atoms with E-state index < -0.39 is 0 Å². The highest BCUT2D eigenvalue weighted by Gasteiger charge is 2.42. The van der Waals surface area contributed by atoms with E-state index in [1.165, 1.54) is 0 Å². The minimum absolute atomic E-state index is 0.0465. The number of ether oxygens (including phenoxy) is 1. The normalized spacial score (nSPS) is 25.6. The number of esters is 1. The number of amides is 2. The summed E-state index contributed by atoms with van der Waals surface area (Å²) < 4.78 is 5.27. The average Bonchev–Trinajstić information content (AvgIpc) is 3.10. The van der Waals surface area contributed by atoms with Crippen LogP contribution in [0.4, 0.5) is 4.79 Å². The van der Waals surface area contributed by atoms with Crippen LogP contribution in [0, 0.1) is 0 Å². The van der Waals surface area contributed by atoms with Crippen LogP contribution in [0.3, 0.4) is 0 Å². The Balaban J connectivity index is 1.29. The number of hydrogen-bond acceptors (Lipinski definition) is 4. The molecule has 5 nitrogen and oxygen atoms in total. The Bertz CT molecular complexity index is 552. The Hall–Kier alpha value is -1.69. The van der Waals surface area contributed by atoms with E-state index in [9.17, 15) is 9.59 Å². The van der Waals surface area contributed by atoms with Crippen LogP contribution >= 0.6 is 11.8 Å². The van der Waals surface area contributed by atoms with Gasteiger partial charge in [-0.3, -0.25) is 4.79 Å². The first-order chi connectivity index (χ1) is 11.2. The Morgan fingerprint density at radius 2 is 2.04 bits per heavy atom. The first-order valence-electron chi connectivity index (χ1n) is 8.10. The molecule has 3 atom stereocenters. The molecule has 0 aliphatic carbocycles. The number of nitrogens with one attached hydrogen (secondary N) is 2. The van der Waals surface area contributed by atoms with Crippen molar-refractivity contribution in [3.8, 4) is 0 Å². The molecule has 0 saturated carbocycles. The molecule has 3 unspecified atom stereocenters. The van der Waals surface area contributed by atoms with Crippen molar-refractivity contribution in [2.24, 2.45) is 0 Å². The topological polar surface area (TPSA) is 67.4 Å². The summed E-state index contributed by atoms with van der Waals surface area (Å²) in [5.74, 6) is 0.842. The van der Waals surface area contributed by atoms with Gasteiger partial charge in [-0.15, -0.1) is 0 Å². The minimum Gasteiger partial charge on any atom is -0.461 e. The first kappa shape index (κ1) is 16.2. The molecule has 6 heteroatoms. The molecule has 2 N–H and O–H groups in total. The maximum absolute atomic E-state index is 11.7. The summed E-state index contributed by atoms with van der Waals surface area (Å²) >= 11 is 1.91. The van der Waals surface area contributed by atoms with Crippen LogP contribution in [0.25, 0.3) is 0 Å². The lowest BCUT2D eigenvalue weighted by Gasteiger charge is -2.16. The van der Waals surface area contributed by atoms with Gasteiger partial charge in [0.1, 0.15) is 6.61 Å². The molecule has 2 amide bonds. The van der Waals surface area contributed by atoms with Gasteiger partial charge >= 0.3 is 12.0 Å². The fourth-order valence-corrected chi connectivity index (χ4v) is 4.61. The molecule has 3 rings (SSSR count). The molecule has 2 aliphatic heterocycles. The van der Waals surface area contributed by atoms with Crippen molar-refractivity contribution in [2.75, 3.05) is 5.75 Å². The predicted octanol–water partition coefficient (Wildman–Crippen LogP) is 2.46. The number of hydrogen-bond donors (Lipinski definition) is 2. The second-order valence-corrected chi connectivity index (χ2v) is 7.29. The largest absolute Gasteiger partial charge is 0.461 e. The Labute approximate surface area is 140 Å². The number of carbonyl (C=O) groups excluding carboxylic acids is 2. The van der Waals surface area contributed by atoms with Crippen LogP contribution in [-0.2, 0) is 16.1 Å². The number of fused-ring (bicyclic) bond motifs is 1. The molecular weight excluding hydrogens is 312 g/mol. The smallest absolute Gasteiger partial charge is 0.315 e. The van der Waals surface area contributed by atoms with Crippen LogP contribution in [0.15, 0.2) is 30.3 Å². The molecule has 0 spiro atoms. The van der Waals surface area contributed by atoms with Gasteiger partial charge in [-0.05, 0) is 18.4 Å². The second-order valence-electron chi connectivity index (χ2n) is 6.01. The highest BCUT2D eigenvalue weighted by atomic mass is 32.2. The average molecular weight is 334 g/mol. The number of thioether (sulfide) groups is 1. The van der Waals surface area contributed by atoms with Gasteiger partial charge in [-0.2, -0.15) is 11.8 Å². The lowest BCUT2D eigenvalue weighted by molar-refractivity contribution is -0.145. The van der Waals surface area contributed by atoms with E-state index in [4.69, 9.17) is 4.74 Å². The van der Waals surface area contributed by atoms with Crippen molar-refractivity contribution in [3.05, 3.63) is 35.9 Å². The van der Waals surface area contributed by atoms with Crippen LogP contribution < -0.4 is 10.6 Å². The van der Waals surface area contributed by atoms with Crippen molar-refractivity contribution < 1.29 is 14.3 Å². The summed E-state index contributed by atoms with van der Waals surface area (Å²) in [5, 5.41) is 6.39. The molecule has 1 aromatic rings. The van der Waals surface area contributed by atoms with Gasteiger partial charge in [0.05, 0.1) is 12.1 Å². The van der Waals surface area contributed by atoms with Crippen molar-refractivity contribution in [2.45, 2.75) is 49.6 Å². The van der Waals surface area contributed by atoms with E-state index in [0.717, 1.165) is 30.6 Å². The van der Waals surface area contributed by atoms with Crippen molar-refractivity contribution >= 4 is 23.8 Å². The Kier molecular flexibility index (Phi) is 5.43. The van der Waals surface area contributed by atoms with E-state index in [0.29, 0.717) is 18.3 Å². The van der Waals surface area contributed by atoms with E-state index in [2.05, 4.69) is 10.6 Å². The maximum atomic E-state index is 11.7. The number of carbonyl (C=O) groups is 2. The molecule has 23 heavy (non-hydrogen) atoms. The number of unbranched alkanes of at least 4 members (excludes halogenated alkanes) is 1. The lowest BCUT2D eigenvalue weighted by Crippen LogP contribution is -2.36. The predicted molar refractivity (Wildman–Crippen MR) is 90.2 cm³/mol. The highest BCUT2D eigenvalue weighted by Crippen LogP contribution is 2.33. The van der Waals surface area contributed by atoms with Gasteiger partial charge in [0.2, 0.25) is 0 Å². The Morgan fingerprint density at radius 3 is 2.87 bits per heavy atom. The van der Waals surface area contributed by atoms with E-state index in [1.807, 2.05) is 42.1 Å². The lowest BCUT2D eigenvalue weighted by atomic mass is 10.0. The fourth-order valence-electron chi connectivity index (χ4n) is 3.07. The summed E-state index contributed by atoms with van der Waals surface area (Å²) in [6, 6.07) is 10.2. The van der Waals surface area contributed by atoms with E-state index in [1.54, 1.807) is 0 Å². The molecule has 2 fully saturated rings. The number of rotatable bonds is 7. The Morgan fingerprint density at radius 1 is 1.22 bits per heavy atom. The SMILES string of the molecule is O=C1NC2CSC(CCCCC(=O)OCc3ccccc3)C2N1. The molecular formula is C17H22N2O3S. The summed E-state index contributed by atoms with van der Waals surface area (Å²) in [6.07, 6.45) is 3.31. The summed E-state index contributed by atoms with van der Waals surface area (Å²) in [5.41, 5.74) is 1.01. The van der Waals surface area contributed by atoms with Crippen molar-refractivity contribution in [3.63, 3.8) is 0 Å². The number of urea groups is 1. The highest BCUT2D eigenvalue weighted by molar-refractivity contribution is 8.00. The molecule has 0 radical (unpaired) electrons. The van der Waals surface area contributed by atoms with Crippen LogP contribution in [0.1, 0.15) is 31.2 Å². The fraction of sp³-hybridized carbons (Fsp3) is 0.529. The molecule has 2 heterocycles. The molecule has 124 valence electrons. The molecule has 1 aromatic carbocycles. The van der Waals surface area contributed by atoms with E-state index in [-0.39, 0.29) is 24.1 Å². The van der Waals surface area contributed by atoms with Gasteiger partial charge in [-0.25, -0.2) is 4.79 Å². The maximum Gasteiger partial charge on any atom is 0.315 e. The van der Waals surface area contributed by atoms with Crippen molar-refractivity contribution in [1.82, 2.24) is 10.6 Å². The second kappa shape index (κ2) is 7.73. The zero-order chi connectivity index (χ0) is 16.1. The zero-order valence-electron chi connectivity index (χ0n) is 13.0. The zero-order valence-corrected chi connectivity index (χ0v) is 13.8. The van der Waals surface area contributed by atoms with Crippen LogP contribution in [0.2, 0.25) is 0 Å². The monoisotopic (exact) mass is 334 g/mol. The molecule has 2 saturated heterocycles. The minimum atomic E-state index is -0.137. The van der Waals surface area contributed by atoms with Crippen LogP contribution in [-0.4, -0.2) is 35.1 Å². The molecule has 0 aromatic heterocycles. The van der Waals surface area contributed by atoms with E-state index >= 15 is 0 Å². The van der Waals surface area contributed by atoms with Crippen LogP contribution in [0.5, 0.6) is 0 Å². The third kappa shape index (κ3) is 4.41. The summed E-state index contributed by atoms with van der Waals surface area (Å²) in [4.78, 5) is 23.1. The summed E-state index contributed by atoms with van der Waals surface area (Å²) in [7, 11) is 0. The van der Waals surface area contributed by atoms with Crippen molar-refractivity contribution in [1.29, 1.82) is 0 Å². The van der Waals surface area contributed by atoms with Gasteiger partial charge < -0.3 is 15.4 Å². The standard InChI is InChI=1S/C17H22N2O3S/c20-15(22-10-12-6-2-1-3-7-12)9-5-4-8-14-16-13(11-23-14)18-17(21)19-16/h1-3,6-7,13-14,16H,4-5,8-11H2,(H2,18,19,21). The quantitative estimate of drug-likeness (QED) is 0.457. The van der Waals surface area contributed by atoms with Gasteiger partial charge in [0, 0.05) is 17.4 Å². The van der Waals surface area contributed by atoms with Gasteiger partial charge in [0.15, 0.2) is 0 Å². The molecule has 2 aliphatic rings. The third-order valence-corrected chi connectivity index (χ3v) is 5.81. The first-order valence-corrected chi connectivity index (χ1v) is 9.15. The summed E-state index contributed by atoms with van der Waals surface area (Å²) in [6.45, 7) is 0.347.